The molecule has 96 valence electrons. The lowest BCUT2D eigenvalue weighted by molar-refractivity contribution is 0.00973. The van der Waals surface area contributed by atoms with Crippen molar-refractivity contribution >= 4 is 0 Å². The number of rotatable bonds is 3. The average Bonchev–Trinajstić information content (AvgIpc) is 2.79. The van der Waals surface area contributed by atoms with Crippen LogP contribution in [-0.2, 0) is 10.3 Å². The third-order valence-electron chi connectivity index (χ3n) is 3.54. The van der Waals surface area contributed by atoms with Crippen LogP contribution in [0.3, 0.4) is 0 Å². The third kappa shape index (κ3) is 2.50. The van der Waals surface area contributed by atoms with Gasteiger partial charge in [-0.1, -0.05) is 18.0 Å². The van der Waals surface area contributed by atoms with Gasteiger partial charge in [0.1, 0.15) is 5.60 Å². The fourth-order valence-electron chi connectivity index (χ4n) is 2.12. The number of hydrogen-bond donors (Lipinski definition) is 1. The number of aliphatic hydroxyl groups excluding tert-OH is 1. The Morgan fingerprint density at radius 3 is 2.71 bits per heavy atom. The van der Waals surface area contributed by atoms with Crippen LogP contribution in [0.25, 0.3) is 0 Å². The topological polar surface area (TPSA) is 68.4 Å². The second kappa shape index (κ2) is 4.74. The predicted octanol–water partition coefficient (Wildman–Crippen LogP) is 1.97. The molecule has 0 bridgehead atoms. The molecule has 0 saturated heterocycles. The summed E-state index contributed by atoms with van der Waals surface area (Å²) in [5.41, 5.74) is -0.554. The molecule has 0 spiro atoms. The Morgan fingerprint density at radius 1 is 1.35 bits per heavy atom. The molecule has 1 fully saturated rings. The first-order valence-electron chi connectivity index (χ1n) is 6.12. The van der Waals surface area contributed by atoms with Crippen molar-refractivity contribution in [1.29, 1.82) is 0 Å². The molecule has 1 N–H and O–H groups in total. The van der Waals surface area contributed by atoms with Crippen LogP contribution in [-0.4, -0.2) is 28.5 Å². The lowest BCUT2D eigenvalue weighted by Crippen LogP contribution is -2.24. The van der Waals surface area contributed by atoms with Crippen LogP contribution in [0.15, 0.2) is 4.52 Å². The smallest absolute Gasteiger partial charge is 0.232 e. The summed E-state index contributed by atoms with van der Waals surface area (Å²) in [5.74, 6) is 1.06. The molecule has 17 heavy (non-hydrogen) atoms. The number of methoxy groups -OCH3 is 1. The maximum atomic E-state index is 9.93. The van der Waals surface area contributed by atoms with Gasteiger partial charge in [0.05, 0.1) is 12.0 Å². The highest BCUT2D eigenvalue weighted by atomic mass is 16.5. The quantitative estimate of drug-likeness (QED) is 0.874. The van der Waals surface area contributed by atoms with Crippen molar-refractivity contribution in [2.24, 2.45) is 0 Å². The van der Waals surface area contributed by atoms with Gasteiger partial charge < -0.3 is 14.4 Å². The highest BCUT2D eigenvalue weighted by Crippen LogP contribution is 2.33. The Balaban J connectivity index is 2.17. The lowest BCUT2D eigenvalue weighted by atomic mass is 9.86. The molecule has 0 aliphatic heterocycles. The highest BCUT2D eigenvalue weighted by Gasteiger charge is 2.32. The molecule has 2 atom stereocenters. The summed E-state index contributed by atoms with van der Waals surface area (Å²) in [6.07, 6.45) is 3.55. The number of nitrogens with zero attached hydrogens (tertiary/aromatic N) is 2. The van der Waals surface area contributed by atoms with Crippen LogP contribution in [0.2, 0.25) is 0 Å². The first-order chi connectivity index (χ1) is 8.04. The normalized spacial score (nSPS) is 26.1. The highest BCUT2D eigenvalue weighted by molar-refractivity contribution is 5.03. The Labute approximate surface area is 101 Å². The molecule has 2 unspecified atom stereocenters. The minimum Gasteiger partial charge on any atom is -0.392 e. The molecule has 1 aromatic heterocycles. The number of aromatic nitrogens is 2. The van der Waals surface area contributed by atoms with Gasteiger partial charge in [-0.05, 0) is 26.7 Å². The van der Waals surface area contributed by atoms with E-state index in [4.69, 9.17) is 9.26 Å². The van der Waals surface area contributed by atoms with Gasteiger partial charge in [0.15, 0.2) is 0 Å². The second-order valence-corrected chi connectivity index (χ2v) is 5.13. The molecular formula is C12H20N2O3. The van der Waals surface area contributed by atoms with Crippen molar-refractivity contribution in [3.05, 3.63) is 11.7 Å². The van der Waals surface area contributed by atoms with Gasteiger partial charge in [-0.25, -0.2) is 0 Å². The lowest BCUT2D eigenvalue weighted by Gasteiger charge is -2.24. The van der Waals surface area contributed by atoms with E-state index in [-0.39, 0.29) is 12.0 Å². The molecule has 5 nitrogen and oxygen atoms in total. The standard InChI is InChI=1S/C12H20N2O3/c1-12(2,16-3)11-13-10(17-14-11)8-6-4-5-7-9(8)15/h8-9,15H,4-7H2,1-3H3. The first-order valence-corrected chi connectivity index (χ1v) is 6.12. The zero-order chi connectivity index (χ0) is 12.5. The van der Waals surface area contributed by atoms with Crippen molar-refractivity contribution in [3.8, 4) is 0 Å². The third-order valence-corrected chi connectivity index (χ3v) is 3.54. The molecule has 0 aromatic carbocycles. The molecule has 1 aliphatic rings. The van der Waals surface area contributed by atoms with Gasteiger partial charge >= 0.3 is 0 Å². The maximum Gasteiger partial charge on any atom is 0.232 e. The fraction of sp³-hybridized carbons (Fsp3) is 0.833. The van der Waals surface area contributed by atoms with Crippen LogP contribution < -0.4 is 0 Å². The van der Waals surface area contributed by atoms with Crippen molar-refractivity contribution in [2.45, 2.75) is 57.2 Å². The van der Waals surface area contributed by atoms with E-state index in [1.807, 2.05) is 13.8 Å². The first kappa shape index (κ1) is 12.5. The molecule has 5 heteroatoms. The molecule has 1 aromatic rings. The Bertz CT molecular complexity index is 376. The summed E-state index contributed by atoms with van der Waals surface area (Å²) < 4.78 is 10.6. The molecule has 0 radical (unpaired) electrons. The molecule has 2 rings (SSSR count). The number of ether oxygens (including phenoxy) is 1. The Morgan fingerprint density at radius 2 is 2.06 bits per heavy atom. The summed E-state index contributed by atoms with van der Waals surface area (Å²) in [4.78, 5) is 4.36. The van der Waals surface area contributed by atoms with Crippen LogP contribution in [0, 0.1) is 0 Å². The van der Waals surface area contributed by atoms with E-state index in [2.05, 4.69) is 10.1 Å². The number of aliphatic hydroxyl groups is 1. The molecule has 1 heterocycles. The fourth-order valence-corrected chi connectivity index (χ4v) is 2.12. The summed E-state index contributed by atoms with van der Waals surface area (Å²) in [6.45, 7) is 3.78. The Kier molecular flexibility index (Phi) is 3.49. The van der Waals surface area contributed by atoms with Crippen molar-refractivity contribution in [2.75, 3.05) is 7.11 Å². The van der Waals surface area contributed by atoms with E-state index in [9.17, 15) is 5.11 Å². The predicted molar refractivity (Wildman–Crippen MR) is 61.5 cm³/mol. The molecule has 1 aliphatic carbocycles. The zero-order valence-electron chi connectivity index (χ0n) is 10.6. The minimum atomic E-state index is -0.554. The average molecular weight is 240 g/mol. The summed E-state index contributed by atoms with van der Waals surface area (Å²) in [5, 5.41) is 13.9. The van der Waals surface area contributed by atoms with Gasteiger partial charge in [-0.2, -0.15) is 4.98 Å². The minimum absolute atomic E-state index is 0.0161. The number of hydrogen-bond acceptors (Lipinski definition) is 5. The van der Waals surface area contributed by atoms with Crippen molar-refractivity contribution < 1.29 is 14.4 Å². The van der Waals surface area contributed by atoms with Crippen LogP contribution in [0.5, 0.6) is 0 Å². The van der Waals surface area contributed by atoms with Crippen molar-refractivity contribution in [3.63, 3.8) is 0 Å². The van der Waals surface area contributed by atoms with E-state index in [1.54, 1.807) is 7.11 Å². The van der Waals surface area contributed by atoms with Crippen LogP contribution >= 0.6 is 0 Å². The van der Waals surface area contributed by atoms with Crippen LogP contribution in [0.4, 0.5) is 0 Å². The largest absolute Gasteiger partial charge is 0.392 e. The summed E-state index contributed by atoms with van der Waals surface area (Å²) >= 11 is 0. The van der Waals surface area contributed by atoms with Gasteiger partial charge in [-0.15, -0.1) is 0 Å². The van der Waals surface area contributed by atoms with E-state index >= 15 is 0 Å². The van der Waals surface area contributed by atoms with Crippen molar-refractivity contribution in [1.82, 2.24) is 10.1 Å². The van der Waals surface area contributed by atoms with E-state index in [0.717, 1.165) is 25.7 Å². The zero-order valence-corrected chi connectivity index (χ0v) is 10.6. The van der Waals surface area contributed by atoms with E-state index in [1.165, 1.54) is 0 Å². The molecule has 0 amide bonds. The maximum absolute atomic E-state index is 9.93. The van der Waals surface area contributed by atoms with E-state index in [0.29, 0.717) is 11.7 Å². The Hall–Kier alpha value is -0.940. The van der Waals surface area contributed by atoms with Crippen LogP contribution in [0.1, 0.15) is 57.2 Å². The summed E-state index contributed by atoms with van der Waals surface area (Å²) in [7, 11) is 1.62. The van der Waals surface area contributed by atoms with Gasteiger partial charge in [-0.3, -0.25) is 0 Å². The molecular weight excluding hydrogens is 220 g/mol. The summed E-state index contributed by atoms with van der Waals surface area (Å²) in [6, 6.07) is 0. The van der Waals surface area contributed by atoms with Gasteiger partial charge in [0.2, 0.25) is 11.7 Å². The monoisotopic (exact) mass is 240 g/mol. The van der Waals surface area contributed by atoms with E-state index < -0.39 is 5.60 Å². The van der Waals surface area contributed by atoms with Gasteiger partial charge in [0.25, 0.3) is 0 Å². The molecule has 1 saturated carbocycles. The second-order valence-electron chi connectivity index (χ2n) is 5.13. The SMILES string of the molecule is COC(C)(C)c1noc(C2CCCCC2O)n1. The van der Waals surface area contributed by atoms with Gasteiger partial charge in [0, 0.05) is 7.11 Å².